The van der Waals surface area contributed by atoms with E-state index in [2.05, 4.69) is 19.8 Å². The van der Waals surface area contributed by atoms with Gasteiger partial charge in [-0.1, -0.05) is 16.6 Å². The molecule has 12 nitrogen and oxygen atoms in total. The number of nitrogens with zero attached hydrogens (tertiary/aromatic N) is 5. The van der Waals surface area contributed by atoms with Gasteiger partial charge in [0.15, 0.2) is 6.04 Å². The quantitative estimate of drug-likeness (QED) is 0.293. The summed E-state index contributed by atoms with van der Waals surface area (Å²) in [4.78, 5) is 58.1. The van der Waals surface area contributed by atoms with Crippen LogP contribution in [0.3, 0.4) is 0 Å². The number of anilines is 2. The molecular weight excluding hydrogens is 560 g/mol. The molecule has 1 atom stereocenters. The van der Waals surface area contributed by atoms with Crippen LogP contribution >= 0.6 is 11.5 Å². The van der Waals surface area contributed by atoms with E-state index >= 15 is 0 Å². The average molecular weight is 587 g/mol. The summed E-state index contributed by atoms with van der Waals surface area (Å²) in [5.74, 6) is -1.92. The number of carbonyl (C=O) groups excluding carboxylic acids is 4. The molecule has 0 bridgehead atoms. The first-order valence-electron chi connectivity index (χ1n) is 13.3. The van der Waals surface area contributed by atoms with E-state index in [1.807, 2.05) is 12.1 Å². The Morgan fingerprint density at radius 1 is 0.976 bits per heavy atom. The van der Waals surface area contributed by atoms with Crippen LogP contribution in [0.15, 0.2) is 76.7 Å². The van der Waals surface area contributed by atoms with Gasteiger partial charge in [0.05, 0.1) is 37.1 Å². The summed E-state index contributed by atoms with van der Waals surface area (Å²) >= 11 is 1.03. The summed E-state index contributed by atoms with van der Waals surface area (Å²) in [5.41, 5.74) is 2.23. The predicted molar refractivity (Wildman–Crippen MR) is 152 cm³/mol. The first-order valence-corrected chi connectivity index (χ1v) is 14.1. The summed E-state index contributed by atoms with van der Waals surface area (Å²) < 4.78 is 14.8. The summed E-state index contributed by atoms with van der Waals surface area (Å²) in [6.45, 7) is 2.19. The number of rotatable bonds is 9. The Kier molecular flexibility index (Phi) is 7.75. The van der Waals surface area contributed by atoms with E-state index in [0.29, 0.717) is 24.7 Å². The van der Waals surface area contributed by atoms with Gasteiger partial charge in [0, 0.05) is 29.8 Å². The Morgan fingerprint density at radius 3 is 2.31 bits per heavy atom. The van der Waals surface area contributed by atoms with Crippen LogP contribution in [-0.2, 0) is 20.9 Å². The van der Waals surface area contributed by atoms with Crippen molar-refractivity contribution < 1.29 is 28.3 Å². The Labute approximate surface area is 244 Å². The molecule has 0 radical (unpaired) electrons. The molecule has 13 heteroatoms. The van der Waals surface area contributed by atoms with E-state index in [0.717, 1.165) is 35.2 Å². The zero-order valence-electron chi connectivity index (χ0n) is 22.3. The number of benzene rings is 2. The topological polar surface area (TPSA) is 138 Å². The zero-order valence-corrected chi connectivity index (χ0v) is 23.2. The van der Waals surface area contributed by atoms with Crippen molar-refractivity contribution in [1.82, 2.24) is 19.4 Å². The van der Waals surface area contributed by atoms with E-state index in [9.17, 15) is 19.2 Å². The molecular formula is C29H26N6O6S. The van der Waals surface area contributed by atoms with Crippen LogP contribution in [0.25, 0.3) is 0 Å². The van der Waals surface area contributed by atoms with E-state index in [1.165, 1.54) is 11.2 Å². The monoisotopic (exact) mass is 586 g/mol. The smallest absolute Gasteiger partial charge is 0.262 e. The van der Waals surface area contributed by atoms with E-state index in [1.54, 1.807) is 53.9 Å². The highest BCUT2D eigenvalue weighted by Gasteiger charge is 2.40. The molecule has 2 aromatic heterocycles. The third-order valence-electron chi connectivity index (χ3n) is 7.13. The second kappa shape index (κ2) is 11.9. The molecule has 0 saturated carbocycles. The number of nitrogens with one attached hydrogen (secondary N) is 1. The zero-order chi connectivity index (χ0) is 29.1. The lowest BCUT2D eigenvalue weighted by molar-refractivity contribution is -0.140. The molecule has 214 valence electrons. The Morgan fingerprint density at radius 2 is 1.69 bits per heavy atom. The maximum absolute atomic E-state index is 13.9. The maximum Gasteiger partial charge on any atom is 0.262 e. The van der Waals surface area contributed by atoms with Gasteiger partial charge < -0.3 is 24.3 Å². The van der Waals surface area contributed by atoms with Crippen molar-refractivity contribution in [3.05, 3.63) is 94.9 Å². The van der Waals surface area contributed by atoms with Crippen LogP contribution < -0.4 is 10.2 Å². The Bertz CT molecular complexity index is 1550. The van der Waals surface area contributed by atoms with Crippen LogP contribution in [-0.4, -0.2) is 75.9 Å². The number of ether oxygens (including phenoxy) is 1. The van der Waals surface area contributed by atoms with Gasteiger partial charge in [0.25, 0.3) is 17.7 Å². The lowest BCUT2D eigenvalue weighted by Gasteiger charge is -2.30. The van der Waals surface area contributed by atoms with Crippen molar-refractivity contribution in [3.8, 4) is 0 Å². The van der Waals surface area contributed by atoms with Crippen molar-refractivity contribution in [3.63, 3.8) is 0 Å². The maximum atomic E-state index is 13.9. The van der Waals surface area contributed by atoms with E-state index in [4.69, 9.17) is 9.15 Å². The highest BCUT2D eigenvalue weighted by atomic mass is 32.1. The molecule has 1 fully saturated rings. The van der Waals surface area contributed by atoms with Crippen LogP contribution in [0.1, 0.15) is 38.2 Å². The molecule has 4 aromatic rings. The first-order chi connectivity index (χ1) is 20.5. The molecule has 1 N–H and O–H groups in total. The van der Waals surface area contributed by atoms with Gasteiger partial charge in [-0.2, -0.15) is 0 Å². The number of aromatic nitrogens is 2. The lowest BCUT2D eigenvalue weighted by atomic mass is 10.1. The van der Waals surface area contributed by atoms with E-state index < -0.39 is 36.2 Å². The molecule has 0 unspecified atom stereocenters. The highest BCUT2D eigenvalue weighted by molar-refractivity contribution is 7.03. The molecule has 42 heavy (non-hydrogen) atoms. The highest BCUT2D eigenvalue weighted by Crippen LogP contribution is 2.28. The Hall–Kier alpha value is -4.88. The number of hydrogen-bond acceptors (Lipinski definition) is 10. The molecule has 0 aliphatic carbocycles. The third kappa shape index (κ3) is 5.51. The van der Waals surface area contributed by atoms with Crippen molar-refractivity contribution in [2.75, 3.05) is 43.1 Å². The predicted octanol–water partition coefficient (Wildman–Crippen LogP) is 2.97. The minimum absolute atomic E-state index is 0.111. The number of morpholine rings is 1. The Balaban J connectivity index is 1.26. The third-order valence-corrected chi connectivity index (χ3v) is 7.65. The van der Waals surface area contributed by atoms with Gasteiger partial charge >= 0.3 is 0 Å². The summed E-state index contributed by atoms with van der Waals surface area (Å²) in [6, 6.07) is 15.9. The largest absolute Gasteiger partial charge is 0.467 e. The van der Waals surface area contributed by atoms with E-state index in [-0.39, 0.29) is 23.4 Å². The number of amides is 4. The fraction of sp³-hybridized carbons (Fsp3) is 0.241. The standard InChI is InChI=1S/C29H26N6O6S/c36-25(17-35-28(38)22-5-1-2-6-23(22)29(35)39)34(16-21-4-3-13-41-21)26(24-18-42-32-31-24)27(37)30-19-7-9-20(10-8-19)33-11-14-40-15-12-33/h1-10,13,18,26H,11-12,14-17H2,(H,30,37)/t26-/m0/s1. The SMILES string of the molecule is O=C(Nc1ccc(N2CCOCC2)cc1)[C@H](c1csnn1)N(Cc1ccco1)C(=O)CN1C(=O)c2ccccc2C1=O. The molecule has 4 amide bonds. The van der Waals surface area contributed by atoms with Crippen molar-refractivity contribution in [1.29, 1.82) is 0 Å². The second-order valence-corrected chi connectivity index (χ2v) is 10.3. The first kappa shape index (κ1) is 27.3. The minimum atomic E-state index is -1.23. The lowest BCUT2D eigenvalue weighted by Crippen LogP contribution is -2.46. The molecule has 6 rings (SSSR count). The van der Waals surface area contributed by atoms with Gasteiger partial charge in [0.1, 0.15) is 18.0 Å². The molecule has 1 saturated heterocycles. The fourth-order valence-electron chi connectivity index (χ4n) is 5.02. The molecule has 2 aromatic carbocycles. The molecule has 4 heterocycles. The normalized spacial score (nSPS) is 15.4. The summed E-state index contributed by atoms with van der Waals surface area (Å²) in [5, 5.41) is 8.56. The molecule has 2 aliphatic heterocycles. The van der Waals surface area contributed by atoms with Crippen LogP contribution in [0.5, 0.6) is 0 Å². The van der Waals surface area contributed by atoms with Crippen molar-refractivity contribution in [2.24, 2.45) is 0 Å². The number of furan rings is 1. The van der Waals surface area contributed by atoms with Gasteiger partial charge in [-0.05, 0) is 60.1 Å². The number of fused-ring (bicyclic) bond motifs is 1. The fourth-order valence-corrected chi connectivity index (χ4v) is 5.49. The number of imide groups is 1. The van der Waals surface area contributed by atoms with Gasteiger partial charge in [0.2, 0.25) is 5.91 Å². The van der Waals surface area contributed by atoms with Gasteiger partial charge in [-0.15, -0.1) is 5.10 Å². The van der Waals surface area contributed by atoms with Crippen LogP contribution in [0, 0.1) is 0 Å². The van der Waals surface area contributed by atoms with Gasteiger partial charge in [-0.25, -0.2) is 0 Å². The molecule has 0 spiro atoms. The van der Waals surface area contributed by atoms with Crippen molar-refractivity contribution in [2.45, 2.75) is 12.6 Å². The minimum Gasteiger partial charge on any atom is -0.467 e. The number of carbonyl (C=O) groups is 4. The van der Waals surface area contributed by atoms with Crippen LogP contribution in [0.2, 0.25) is 0 Å². The summed E-state index contributed by atoms with van der Waals surface area (Å²) in [7, 11) is 0. The second-order valence-electron chi connectivity index (χ2n) is 9.71. The van der Waals surface area contributed by atoms with Crippen LogP contribution in [0.4, 0.5) is 11.4 Å². The van der Waals surface area contributed by atoms with Gasteiger partial charge in [-0.3, -0.25) is 24.1 Å². The summed E-state index contributed by atoms with van der Waals surface area (Å²) in [6.07, 6.45) is 1.46. The molecule has 2 aliphatic rings. The number of hydrogen-bond donors (Lipinski definition) is 1. The van der Waals surface area contributed by atoms with Crippen molar-refractivity contribution >= 4 is 46.5 Å². The average Bonchev–Trinajstić information content (AvgIpc) is 3.78.